The molecule has 1 aliphatic heterocycles. The van der Waals surface area contributed by atoms with Gasteiger partial charge in [0.15, 0.2) is 5.69 Å². The van der Waals surface area contributed by atoms with E-state index in [0.29, 0.717) is 31.3 Å². The first-order chi connectivity index (χ1) is 13.2. The van der Waals surface area contributed by atoms with Crippen LogP contribution in [0.15, 0.2) is 24.4 Å². The van der Waals surface area contributed by atoms with E-state index in [1.165, 1.54) is 30.4 Å². The zero-order chi connectivity index (χ0) is 18.6. The molecule has 2 N–H and O–H groups in total. The van der Waals surface area contributed by atoms with E-state index >= 15 is 0 Å². The van der Waals surface area contributed by atoms with E-state index in [0.717, 1.165) is 31.7 Å². The molecular weight excluding hydrogens is 342 g/mol. The normalized spacial score (nSPS) is 17.1. The Kier molecular flexibility index (Phi) is 5.38. The Bertz CT molecular complexity index is 795. The molecule has 0 bridgehead atoms. The van der Waals surface area contributed by atoms with Crippen LogP contribution in [0.25, 0.3) is 0 Å². The molecule has 4 rings (SSSR count). The van der Waals surface area contributed by atoms with Gasteiger partial charge in [0.25, 0.3) is 5.91 Å². The summed E-state index contributed by atoms with van der Waals surface area (Å²) >= 11 is 0. The number of hydrogen-bond acceptors (Lipinski definition) is 5. The number of benzene rings is 1. The van der Waals surface area contributed by atoms with Crippen LogP contribution in [0.1, 0.15) is 40.9 Å². The number of rotatable bonds is 6. The van der Waals surface area contributed by atoms with Crippen molar-refractivity contribution in [2.75, 3.05) is 26.2 Å². The van der Waals surface area contributed by atoms with E-state index < -0.39 is 0 Å². The predicted molar refractivity (Wildman–Crippen MR) is 102 cm³/mol. The fourth-order valence-electron chi connectivity index (χ4n) is 3.95. The Morgan fingerprint density at radius 1 is 1.22 bits per heavy atom. The number of carbonyl (C=O) groups excluding carboxylic acids is 1. The Labute approximate surface area is 159 Å². The van der Waals surface area contributed by atoms with Gasteiger partial charge in [-0.3, -0.25) is 9.48 Å². The molecule has 2 heterocycles. The first kappa shape index (κ1) is 18.0. The maximum absolute atomic E-state index is 12.6. The third kappa shape index (κ3) is 4.13. The number of aromatic nitrogens is 3. The van der Waals surface area contributed by atoms with Crippen LogP contribution < -0.4 is 10.5 Å². The number of nitrogens with zero attached hydrogens (tertiary/aromatic N) is 4. The number of nitrogens with two attached hydrogens (primary N) is 1. The molecule has 1 aromatic carbocycles. The molecule has 1 saturated heterocycles. The second kappa shape index (κ2) is 8.08. The standard InChI is InChI=1S/C20H27N5O2/c21-8-11-25-13-19(22-23-25)20(26)24-9-6-15(7-10-24)14-27-18-5-4-16-2-1-3-17(16)12-18/h4-5,12-13,15H,1-3,6-11,14,21H2. The highest BCUT2D eigenvalue weighted by molar-refractivity contribution is 5.91. The molecule has 2 aromatic rings. The first-order valence-electron chi connectivity index (χ1n) is 9.87. The van der Waals surface area contributed by atoms with E-state index in [2.05, 4.69) is 28.5 Å². The zero-order valence-corrected chi connectivity index (χ0v) is 15.6. The van der Waals surface area contributed by atoms with Gasteiger partial charge in [0.2, 0.25) is 0 Å². The van der Waals surface area contributed by atoms with Crippen LogP contribution in [-0.4, -0.2) is 52.0 Å². The summed E-state index contributed by atoms with van der Waals surface area (Å²) < 4.78 is 7.66. The fourth-order valence-corrected chi connectivity index (χ4v) is 3.95. The highest BCUT2D eigenvalue weighted by atomic mass is 16.5. The third-order valence-corrected chi connectivity index (χ3v) is 5.57. The van der Waals surface area contributed by atoms with Crippen molar-refractivity contribution in [1.82, 2.24) is 19.9 Å². The summed E-state index contributed by atoms with van der Waals surface area (Å²) in [7, 11) is 0. The largest absolute Gasteiger partial charge is 0.493 e. The predicted octanol–water partition coefficient (Wildman–Crippen LogP) is 1.66. The Morgan fingerprint density at radius 2 is 2.04 bits per heavy atom. The molecule has 1 aliphatic carbocycles. The lowest BCUT2D eigenvalue weighted by Gasteiger charge is -2.31. The van der Waals surface area contributed by atoms with Crippen molar-refractivity contribution >= 4 is 5.91 Å². The summed E-state index contributed by atoms with van der Waals surface area (Å²) in [6.07, 6.45) is 7.20. The zero-order valence-electron chi connectivity index (χ0n) is 15.6. The van der Waals surface area contributed by atoms with Crippen LogP contribution in [0.3, 0.4) is 0 Å². The van der Waals surface area contributed by atoms with Gasteiger partial charge in [-0.25, -0.2) is 0 Å². The molecule has 1 aromatic heterocycles. The van der Waals surface area contributed by atoms with E-state index in [1.54, 1.807) is 10.9 Å². The van der Waals surface area contributed by atoms with Crippen molar-refractivity contribution in [2.45, 2.75) is 38.6 Å². The Balaban J connectivity index is 1.25. The van der Waals surface area contributed by atoms with Crippen molar-refractivity contribution in [2.24, 2.45) is 11.7 Å². The monoisotopic (exact) mass is 369 g/mol. The van der Waals surface area contributed by atoms with Crippen LogP contribution in [0, 0.1) is 5.92 Å². The van der Waals surface area contributed by atoms with E-state index in [4.69, 9.17) is 10.5 Å². The maximum Gasteiger partial charge on any atom is 0.276 e. The number of likely N-dealkylation sites (tertiary alicyclic amines) is 1. The summed E-state index contributed by atoms with van der Waals surface area (Å²) in [6.45, 7) is 3.24. The SMILES string of the molecule is NCCn1cc(C(=O)N2CCC(COc3ccc4c(c3)CCC4)CC2)nn1. The Morgan fingerprint density at radius 3 is 2.85 bits per heavy atom. The molecule has 0 atom stereocenters. The van der Waals surface area contributed by atoms with E-state index in [9.17, 15) is 4.79 Å². The molecule has 0 saturated carbocycles. The van der Waals surface area contributed by atoms with Crippen LogP contribution in [0.2, 0.25) is 0 Å². The average molecular weight is 369 g/mol. The van der Waals surface area contributed by atoms with Crippen molar-refractivity contribution in [3.63, 3.8) is 0 Å². The van der Waals surface area contributed by atoms with Crippen LogP contribution >= 0.6 is 0 Å². The van der Waals surface area contributed by atoms with Gasteiger partial charge in [-0.2, -0.15) is 0 Å². The van der Waals surface area contributed by atoms with Crippen LogP contribution in [0.4, 0.5) is 0 Å². The molecule has 144 valence electrons. The van der Waals surface area contributed by atoms with Crippen LogP contribution in [-0.2, 0) is 19.4 Å². The van der Waals surface area contributed by atoms with Crippen molar-refractivity contribution < 1.29 is 9.53 Å². The van der Waals surface area contributed by atoms with Gasteiger partial charge in [-0.1, -0.05) is 11.3 Å². The van der Waals surface area contributed by atoms with Gasteiger partial charge in [0, 0.05) is 19.6 Å². The summed E-state index contributed by atoms with van der Waals surface area (Å²) in [6, 6.07) is 6.50. The number of piperidine rings is 1. The molecule has 1 amide bonds. The van der Waals surface area contributed by atoms with Crippen molar-refractivity contribution in [3.8, 4) is 5.75 Å². The second-order valence-electron chi connectivity index (χ2n) is 7.49. The minimum absolute atomic E-state index is 0.0451. The van der Waals surface area contributed by atoms with E-state index in [-0.39, 0.29) is 5.91 Å². The minimum Gasteiger partial charge on any atom is -0.493 e. The quantitative estimate of drug-likeness (QED) is 0.837. The molecule has 7 heteroatoms. The molecule has 1 fully saturated rings. The summed E-state index contributed by atoms with van der Waals surface area (Å²) in [5.41, 5.74) is 8.81. The fraction of sp³-hybridized carbons (Fsp3) is 0.550. The first-order valence-corrected chi connectivity index (χ1v) is 9.87. The number of aryl methyl sites for hydroxylation is 2. The Hall–Kier alpha value is -2.41. The molecule has 27 heavy (non-hydrogen) atoms. The molecule has 0 spiro atoms. The molecular formula is C20H27N5O2. The lowest BCUT2D eigenvalue weighted by Crippen LogP contribution is -2.39. The van der Waals surface area contributed by atoms with Gasteiger partial charge in [-0.05, 0) is 61.3 Å². The number of carbonyl (C=O) groups is 1. The molecule has 7 nitrogen and oxygen atoms in total. The third-order valence-electron chi connectivity index (χ3n) is 5.57. The second-order valence-corrected chi connectivity index (χ2v) is 7.49. The minimum atomic E-state index is -0.0451. The van der Waals surface area contributed by atoms with Gasteiger partial charge in [0.1, 0.15) is 5.75 Å². The summed E-state index contributed by atoms with van der Waals surface area (Å²) in [4.78, 5) is 14.4. The van der Waals surface area contributed by atoms with Gasteiger partial charge >= 0.3 is 0 Å². The van der Waals surface area contributed by atoms with Gasteiger partial charge in [0.05, 0.1) is 19.3 Å². The summed E-state index contributed by atoms with van der Waals surface area (Å²) in [5.74, 6) is 1.41. The van der Waals surface area contributed by atoms with Crippen molar-refractivity contribution in [1.29, 1.82) is 0 Å². The molecule has 0 unspecified atom stereocenters. The van der Waals surface area contributed by atoms with E-state index in [1.807, 2.05) is 4.90 Å². The number of fused-ring (bicyclic) bond motifs is 1. The average Bonchev–Trinajstić information content (AvgIpc) is 3.35. The maximum atomic E-state index is 12.6. The lowest BCUT2D eigenvalue weighted by atomic mass is 9.97. The topological polar surface area (TPSA) is 86.3 Å². The highest BCUT2D eigenvalue weighted by Crippen LogP contribution is 2.27. The summed E-state index contributed by atoms with van der Waals surface area (Å²) in [5, 5.41) is 7.92. The highest BCUT2D eigenvalue weighted by Gasteiger charge is 2.25. The number of amides is 1. The molecule has 0 radical (unpaired) electrons. The lowest BCUT2D eigenvalue weighted by molar-refractivity contribution is 0.0655. The van der Waals surface area contributed by atoms with Gasteiger partial charge in [-0.15, -0.1) is 5.10 Å². The number of hydrogen-bond donors (Lipinski definition) is 1. The van der Waals surface area contributed by atoms with Gasteiger partial charge < -0.3 is 15.4 Å². The number of ether oxygens (including phenoxy) is 1. The smallest absolute Gasteiger partial charge is 0.276 e. The van der Waals surface area contributed by atoms with Crippen molar-refractivity contribution in [3.05, 3.63) is 41.2 Å². The molecule has 2 aliphatic rings. The van der Waals surface area contributed by atoms with Crippen LogP contribution in [0.5, 0.6) is 5.75 Å².